The van der Waals surface area contributed by atoms with Gasteiger partial charge in [0.1, 0.15) is 0 Å². The van der Waals surface area contributed by atoms with Crippen molar-refractivity contribution in [1.82, 2.24) is 20.6 Å². The number of carbonyl (C=O) groups is 3. The first-order valence-electron chi connectivity index (χ1n) is 8.15. The molecule has 0 saturated heterocycles. The molecule has 1 aromatic carbocycles. The first-order chi connectivity index (χ1) is 13.3. The molecule has 2 amide bonds. The Morgan fingerprint density at radius 2 is 2.00 bits per heavy atom. The number of aryl methyl sites for hydroxylation is 1. The maximum Gasteiger partial charge on any atom is 0.303 e. The summed E-state index contributed by atoms with van der Waals surface area (Å²) in [5, 5.41) is 13.6. The molecular weight excluding hydrogens is 411 g/mol. The van der Waals surface area contributed by atoms with E-state index in [-0.39, 0.29) is 18.7 Å². The molecule has 1 aromatic heterocycles. The van der Waals surface area contributed by atoms with Crippen LogP contribution in [0, 0.1) is 0 Å². The van der Waals surface area contributed by atoms with Gasteiger partial charge < -0.3 is 9.84 Å². The average molecular weight is 429 g/mol. The summed E-state index contributed by atoms with van der Waals surface area (Å²) in [4.78, 5) is 33.3. The maximum atomic E-state index is 11.6. The summed E-state index contributed by atoms with van der Waals surface area (Å²) in [6.07, 6.45) is 0.0116. The fourth-order valence-electron chi connectivity index (χ4n) is 2.23. The molecule has 28 heavy (non-hydrogen) atoms. The molecule has 0 aliphatic heterocycles. The lowest BCUT2D eigenvalue weighted by Gasteiger charge is -2.15. The van der Waals surface area contributed by atoms with Gasteiger partial charge in [-0.05, 0) is 12.5 Å². The second-order valence-corrected chi connectivity index (χ2v) is 6.51. The number of nitrogens with zero attached hydrogens (tertiary/aromatic N) is 2. The van der Waals surface area contributed by atoms with Gasteiger partial charge in [0.25, 0.3) is 5.91 Å². The van der Waals surface area contributed by atoms with Gasteiger partial charge in [0.2, 0.25) is 11.8 Å². The maximum absolute atomic E-state index is 11.6. The van der Waals surface area contributed by atoms with Crippen molar-refractivity contribution in [2.24, 2.45) is 0 Å². The highest BCUT2D eigenvalue weighted by molar-refractivity contribution is 6.32. The van der Waals surface area contributed by atoms with Crippen LogP contribution >= 0.6 is 23.2 Å². The zero-order valence-electron chi connectivity index (χ0n) is 14.8. The van der Waals surface area contributed by atoms with Crippen molar-refractivity contribution >= 4 is 41.0 Å². The van der Waals surface area contributed by atoms with Gasteiger partial charge in [0, 0.05) is 29.3 Å². The van der Waals surface area contributed by atoms with E-state index in [1.54, 1.807) is 24.3 Å². The van der Waals surface area contributed by atoms with Crippen molar-refractivity contribution in [3.05, 3.63) is 46.6 Å². The van der Waals surface area contributed by atoms with Gasteiger partial charge in [0.15, 0.2) is 12.1 Å². The number of rotatable bonds is 8. The quantitative estimate of drug-likeness (QED) is 0.435. The van der Waals surface area contributed by atoms with E-state index in [0.29, 0.717) is 16.3 Å². The third kappa shape index (κ3) is 6.14. The smallest absolute Gasteiger partial charge is 0.303 e. The fraction of sp³-hybridized carbons (Fsp3) is 0.294. The van der Waals surface area contributed by atoms with E-state index in [0.717, 1.165) is 0 Å². The van der Waals surface area contributed by atoms with Gasteiger partial charge >= 0.3 is 5.97 Å². The number of benzene rings is 1. The van der Waals surface area contributed by atoms with Gasteiger partial charge in [-0.2, -0.15) is 0 Å². The highest BCUT2D eigenvalue weighted by Crippen LogP contribution is 2.31. The van der Waals surface area contributed by atoms with Crippen molar-refractivity contribution in [3.8, 4) is 5.88 Å². The number of aromatic nitrogens is 2. The van der Waals surface area contributed by atoms with Crippen molar-refractivity contribution in [3.63, 3.8) is 0 Å². The Labute approximate surface area is 170 Å². The SMILES string of the molecule is CC(=O)NNC(=O)COc1cc(CCC(=O)O)n(C(Cl)c2ccccc2Cl)n1. The molecule has 0 radical (unpaired) electrons. The minimum Gasteiger partial charge on any atom is -0.481 e. The van der Waals surface area contributed by atoms with E-state index in [4.69, 9.17) is 33.0 Å². The average Bonchev–Trinajstić information content (AvgIpc) is 3.06. The standard InChI is InChI=1S/C17H18Cl2N4O5/c1-10(24)20-21-14(25)9-28-15-8-11(6-7-16(26)27)23(22-15)17(19)12-4-2-3-5-13(12)18/h2-5,8,17H,6-7,9H2,1H3,(H,20,24)(H,21,25)(H,26,27). The second kappa shape index (κ2) is 9.95. The summed E-state index contributed by atoms with van der Waals surface area (Å²) < 4.78 is 6.71. The Morgan fingerprint density at radius 1 is 1.29 bits per heavy atom. The highest BCUT2D eigenvalue weighted by atomic mass is 35.5. The number of alkyl halides is 1. The normalized spacial score (nSPS) is 11.5. The molecule has 1 unspecified atom stereocenters. The van der Waals surface area contributed by atoms with Crippen molar-refractivity contribution < 1.29 is 24.2 Å². The summed E-state index contributed by atoms with van der Waals surface area (Å²) in [5.41, 5.74) is 4.56. The monoisotopic (exact) mass is 428 g/mol. The van der Waals surface area contributed by atoms with E-state index in [1.807, 2.05) is 0 Å². The number of hydrogen-bond acceptors (Lipinski definition) is 5. The Kier molecular flexibility index (Phi) is 7.65. The largest absolute Gasteiger partial charge is 0.481 e. The summed E-state index contributed by atoms with van der Waals surface area (Å²) in [5.74, 6) is -1.92. The third-order valence-corrected chi connectivity index (χ3v) is 4.26. The summed E-state index contributed by atoms with van der Waals surface area (Å²) in [6.45, 7) is 0.835. The Balaban J connectivity index is 2.18. The molecule has 3 N–H and O–H groups in total. The Bertz CT molecular complexity index is 871. The molecule has 0 bridgehead atoms. The van der Waals surface area contributed by atoms with Crippen LogP contribution in [0.4, 0.5) is 0 Å². The molecule has 0 spiro atoms. The van der Waals surface area contributed by atoms with Crippen LogP contribution in [-0.4, -0.2) is 39.3 Å². The number of nitrogens with one attached hydrogen (secondary N) is 2. The highest BCUT2D eigenvalue weighted by Gasteiger charge is 2.20. The lowest BCUT2D eigenvalue weighted by molar-refractivity contribution is -0.137. The third-order valence-electron chi connectivity index (χ3n) is 3.49. The number of hydrazine groups is 1. The van der Waals surface area contributed by atoms with Crippen LogP contribution in [0.5, 0.6) is 5.88 Å². The Morgan fingerprint density at radius 3 is 2.64 bits per heavy atom. The number of aliphatic carboxylic acids is 1. The Hall–Kier alpha value is -2.78. The molecule has 150 valence electrons. The molecule has 0 fully saturated rings. The lowest BCUT2D eigenvalue weighted by Crippen LogP contribution is -2.42. The molecule has 0 saturated carbocycles. The first-order valence-corrected chi connectivity index (χ1v) is 8.96. The zero-order valence-corrected chi connectivity index (χ0v) is 16.3. The predicted molar refractivity (Wildman–Crippen MR) is 101 cm³/mol. The van der Waals surface area contributed by atoms with E-state index in [1.165, 1.54) is 17.7 Å². The first kappa shape index (κ1) is 21.5. The van der Waals surface area contributed by atoms with Gasteiger partial charge in [-0.1, -0.05) is 41.4 Å². The number of ether oxygens (including phenoxy) is 1. The molecule has 9 nitrogen and oxygen atoms in total. The van der Waals surface area contributed by atoms with Gasteiger partial charge in [-0.3, -0.25) is 25.2 Å². The molecular formula is C17H18Cl2N4O5. The van der Waals surface area contributed by atoms with Gasteiger partial charge in [-0.25, -0.2) is 4.68 Å². The number of hydrogen-bond donors (Lipinski definition) is 3. The zero-order chi connectivity index (χ0) is 20.7. The topological polar surface area (TPSA) is 123 Å². The minimum atomic E-state index is -0.978. The van der Waals surface area contributed by atoms with Crippen molar-refractivity contribution in [2.75, 3.05) is 6.61 Å². The van der Waals surface area contributed by atoms with Crippen LogP contribution in [0.2, 0.25) is 5.02 Å². The lowest BCUT2D eigenvalue weighted by atomic mass is 10.2. The van der Waals surface area contributed by atoms with Gasteiger partial charge in [-0.15, -0.1) is 5.10 Å². The minimum absolute atomic E-state index is 0.0797. The van der Waals surface area contributed by atoms with Gasteiger partial charge in [0.05, 0.1) is 6.42 Å². The molecule has 2 rings (SSSR count). The number of carbonyl (C=O) groups excluding carboxylic acids is 2. The molecule has 0 aliphatic carbocycles. The van der Waals surface area contributed by atoms with E-state index < -0.39 is 29.9 Å². The van der Waals surface area contributed by atoms with E-state index >= 15 is 0 Å². The fourth-order valence-corrected chi connectivity index (χ4v) is 2.88. The molecule has 1 heterocycles. The van der Waals surface area contributed by atoms with Crippen LogP contribution in [0.25, 0.3) is 0 Å². The number of amides is 2. The van der Waals surface area contributed by atoms with Crippen LogP contribution < -0.4 is 15.6 Å². The van der Waals surface area contributed by atoms with Crippen LogP contribution in [-0.2, 0) is 20.8 Å². The second-order valence-electron chi connectivity index (χ2n) is 5.69. The number of carboxylic acid groups (broad SMARTS) is 1. The summed E-state index contributed by atoms with van der Waals surface area (Å²) >= 11 is 12.7. The summed E-state index contributed by atoms with van der Waals surface area (Å²) in [6, 6.07) is 8.42. The molecule has 2 aromatic rings. The van der Waals surface area contributed by atoms with Crippen LogP contribution in [0.3, 0.4) is 0 Å². The van der Waals surface area contributed by atoms with E-state index in [2.05, 4.69) is 16.0 Å². The molecule has 11 heteroatoms. The molecule has 0 aliphatic rings. The van der Waals surface area contributed by atoms with E-state index in [9.17, 15) is 14.4 Å². The predicted octanol–water partition coefficient (Wildman–Crippen LogP) is 1.89. The molecule has 1 atom stereocenters. The number of halogens is 2. The van der Waals surface area contributed by atoms with Crippen molar-refractivity contribution in [1.29, 1.82) is 0 Å². The van der Waals surface area contributed by atoms with Crippen LogP contribution in [0.1, 0.15) is 30.1 Å². The van der Waals surface area contributed by atoms with Crippen LogP contribution in [0.15, 0.2) is 30.3 Å². The summed E-state index contributed by atoms with van der Waals surface area (Å²) in [7, 11) is 0. The number of carboxylic acids is 1. The van der Waals surface area contributed by atoms with Crippen molar-refractivity contribution in [2.45, 2.75) is 25.3 Å².